The fraction of sp³-hybridized carbons (Fsp3) is 0.179. The molecule has 2 heterocycles. The van der Waals surface area contributed by atoms with Crippen molar-refractivity contribution in [3.8, 4) is 17.1 Å². The third-order valence-corrected chi connectivity index (χ3v) is 6.10. The highest BCUT2D eigenvalue weighted by Gasteiger charge is 2.36. The number of halogens is 1. The molecular weight excluding hydrogens is 459 g/mol. The first-order valence-electron chi connectivity index (χ1n) is 11.7. The van der Waals surface area contributed by atoms with Gasteiger partial charge < -0.3 is 14.6 Å². The molecule has 2 amide bonds. The normalized spacial score (nSPS) is 15.7. The summed E-state index contributed by atoms with van der Waals surface area (Å²) in [5.41, 5.74) is 3.87. The Morgan fingerprint density at radius 3 is 2.50 bits per heavy atom. The number of amides is 2. The van der Waals surface area contributed by atoms with Gasteiger partial charge in [-0.15, -0.1) is 0 Å². The number of rotatable bonds is 6. The van der Waals surface area contributed by atoms with Crippen LogP contribution < -0.4 is 15.0 Å². The first-order chi connectivity index (χ1) is 17.5. The number of allylic oxidation sites excluding steroid dienone is 1. The summed E-state index contributed by atoms with van der Waals surface area (Å²) in [6, 6.07) is 20.7. The molecule has 5 rings (SSSR count). The maximum Gasteiger partial charge on any atom is 0.326 e. The summed E-state index contributed by atoms with van der Waals surface area (Å²) < 4.78 is 25.3. The van der Waals surface area contributed by atoms with Gasteiger partial charge in [-0.05, 0) is 62.2 Å². The molecule has 1 aliphatic heterocycles. The van der Waals surface area contributed by atoms with Gasteiger partial charge in [0.2, 0.25) is 5.82 Å². The van der Waals surface area contributed by atoms with Crippen LogP contribution in [-0.4, -0.2) is 22.8 Å². The SMILES string of the molecule is CCOc1ccc(C2NC(=O)N(c3ccc(F)c(C)c3)C(C)=C2c2nc(-c3ccccc3)no2)cc1. The van der Waals surface area contributed by atoms with Crippen LogP contribution in [0.15, 0.2) is 83.0 Å². The maximum atomic E-state index is 14.0. The predicted octanol–water partition coefficient (Wildman–Crippen LogP) is 6.28. The second kappa shape index (κ2) is 9.65. The Hall–Kier alpha value is -4.46. The zero-order chi connectivity index (χ0) is 25.2. The molecule has 0 radical (unpaired) electrons. The molecule has 1 aromatic heterocycles. The van der Waals surface area contributed by atoms with Crippen molar-refractivity contribution in [1.29, 1.82) is 0 Å². The van der Waals surface area contributed by atoms with Gasteiger partial charge in [0.05, 0.1) is 23.9 Å². The number of hydrogen-bond donors (Lipinski definition) is 1. The highest BCUT2D eigenvalue weighted by molar-refractivity contribution is 6.01. The summed E-state index contributed by atoms with van der Waals surface area (Å²) in [4.78, 5) is 19.5. The van der Waals surface area contributed by atoms with Crippen molar-refractivity contribution < 1.29 is 18.4 Å². The van der Waals surface area contributed by atoms with Crippen LogP contribution in [0.5, 0.6) is 5.75 Å². The van der Waals surface area contributed by atoms with E-state index in [1.807, 2.05) is 68.4 Å². The molecule has 1 aliphatic rings. The predicted molar refractivity (Wildman–Crippen MR) is 135 cm³/mol. The van der Waals surface area contributed by atoms with E-state index in [1.165, 1.54) is 11.0 Å². The van der Waals surface area contributed by atoms with E-state index in [0.717, 1.165) is 16.9 Å². The molecule has 0 spiro atoms. The number of urea groups is 1. The highest BCUT2D eigenvalue weighted by Crippen LogP contribution is 2.39. The van der Waals surface area contributed by atoms with Crippen molar-refractivity contribution in [2.24, 2.45) is 0 Å². The van der Waals surface area contributed by atoms with Crippen molar-refractivity contribution in [1.82, 2.24) is 15.5 Å². The first kappa shape index (κ1) is 23.3. The highest BCUT2D eigenvalue weighted by atomic mass is 19.1. The van der Waals surface area contributed by atoms with Crippen molar-refractivity contribution in [3.63, 3.8) is 0 Å². The van der Waals surface area contributed by atoms with E-state index in [1.54, 1.807) is 19.1 Å². The molecule has 1 atom stereocenters. The third kappa shape index (κ3) is 4.33. The van der Waals surface area contributed by atoms with Crippen LogP contribution in [0.1, 0.15) is 36.9 Å². The van der Waals surface area contributed by atoms with E-state index in [4.69, 9.17) is 9.26 Å². The minimum atomic E-state index is -0.546. The summed E-state index contributed by atoms with van der Waals surface area (Å²) in [7, 11) is 0. The van der Waals surface area contributed by atoms with Gasteiger partial charge in [0.25, 0.3) is 5.89 Å². The second-order valence-corrected chi connectivity index (χ2v) is 8.44. The monoisotopic (exact) mass is 484 g/mol. The molecule has 0 aliphatic carbocycles. The molecule has 0 bridgehead atoms. The Bertz CT molecular complexity index is 1430. The van der Waals surface area contributed by atoms with Crippen LogP contribution in [0.4, 0.5) is 14.9 Å². The van der Waals surface area contributed by atoms with Crippen molar-refractivity contribution in [2.45, 2.75) is 26.8 Å². The van der Waals surface area contributed by atoms with Crippen molar-refractivity contribution >= 4 is 17.3 Å². The molecular formula is C28H25FN4O3. The fourth-order valence-corrected chi connectivity index (χ4v) is 4.31. The Balaban J connectivity index is 1.63. The molecule has 182 valence electrons. The fourth-order valence-electron chi connectivity index (χ4n) is 4.31. The van der Waals surface area contributed by atoms with Gasteiger partial charge in [-0.1, -0.05) is 47.6 Å². The van der Waals surface area contributed by atoms with Gasteiger partial charge in [0.1, 0.15) is 11.6 Å². The molecule has 7 nitrogen and oxygen atoms in total. The van der Waals surface area contributed by atoms with Crippen LogP contribution in [0.3, 0.4) is 0 Å². The Morgan fingerprint density at radius 1 is 1.06 bits per heavy atom. The number of carbonyl (C=O) groups excluding carboxylic acids is 1. The minimum Gasteiger partial charge on any atom is -0.494 e. The number of hydrogen-bond acceptors (Lipinski definition) is 5. The molecule has 1 N–H and O–H groups in total. The molecule has 8 heteroatoms. The van der Waals surface area contributed by atoms with Gasteiger partial charge in [0, 0.05) is 11.3 Å². The number of ether oxygens (including phenoxy) is 1. The van der Waals surface area contributed by atoms with E-state index >= 15 is 0 Å². The van der Waals surface area contributed by atoms with Gasteiger partial charge >= 0.3 is 6.03 Å². The third-order valence-electron chi connectivity index (χ3n) is 6.10. The molecule has 4 aromatic rings. The maximum absolute atomic E-state index is 14.0. The number of carbonyl (C=O) groups is 1. The topological polar surface area (TPSA) is 80.5 Å². The van der Waals surface area contributed by atoms with Crippen LogP contribution in [-0.2, 0) is 0 Å². The quantitative estimate of drug-likeness (QED) is 0.348. The number of nitrogens with one attached hydrogen (secondary N) is 1. The van der Waals surface area contributed by atoms with E-state index < -0.39 is 6.04 Å². The Morgan fingerprint density at radius 2 is 1.81 bits per heavy atom. The molecule has 3 aromatic carbocycles. The van der Waals surface area contributed by atoms with Crippen LogP contribution in [0, 0.1) is 12.7 Å². The summed E-state index contributed by atoms with van der Waals surface area (Å²) in [6.07, 6.45) is 0. The summed E-state index contributed by atoms with van der Waals surface area (Å²) in [6.45, 7) is 5.96. The second-order valence-electron chi connectivity index (χ2n) is 8.44. The van der Waals surface area contributed by atoms with Crippen LogP contribution in [0.25, 0.3) is 17.0 Å². The standard InChI is InChI=1S/C28H25FN4O3/c1-4-35-22-13-10-19(11-14-22)25-24(27-31-26(32-36-27)20-8-6-5-7-9-20)18(3)33(28(34)30-25)21-12-15-23(29)17(2)16-21/h5-16,25H,4H2,1-3H3,(H,30,34). The van der Waals surface area contributed by atoms with Crippen LogP contribution >= 0.6 is 0 Å². The van der Waals surface area contributed by atoms with E-state index in [2.05, 4.69) is 15.5 Å². The zero-order valence-electron chi connectivity index (χ0n) is 20.2. The lowest BCUT2D eigenvalue weighted by Crippen LogP contribution is -2.46. The summed E-state index contributed by atoms with van der Waals surface area (Å²) in [5.74, 6) is 1.12. The smallest absolute Gasteiger partial charge is 0.326 e. The summed E-state index contributed by atoms with van der Waals surface area (Å²) in [5, 5.41) is 7.25. The van der Waals surface area contributed by atoms with E-state index in [9.17, 15) is 9.18 Å². The van der Waals surface area contributed by atoms with Gasteiger partial charge in [-0.2, -0.15) is 4.98 Å². The zero-order valence-corrected chi connectivity index (χ0v) is 20.2. The number of anilines is 1. The van der Waals surface area contributed by atoms with E-state index in [0.29, 0.717) is 35.0 Å². The van der Waals surface area contributed by atoms with Crippen molar-refractivity contribution in [3.05, 3.63) is 101 Å². The number of nitrogens with zero attached hydrogens (tertiary/aromatic N) is 3. The lowest BCUT2D eigenvalue weighted by atomic mass is 9.94. The van der Waals surface area contributed by atoms with E-state index in [-0.39, 0.29) is 17.7 Å². The average Bonchev–Trinajstić information content (AvgIpc) is 3.37. The molecule has 0 saturated carbocycles. The van der Waals surface area contributed by atoms with Crippen LogP contribution in [0.2, 0.25) is 0 Å². The summed E-state index contributed by atoms with van der Waals surface area (Å²) >= 11 is 0. The lowest BCUT2D eigenvalue weighted by Gasteiger charge is -2.35. The van der Waals surface area contributed by atoms with Crippen molar-refractivity contribution in [2.75, 3.05) is 11.5 Å². The minimum absolute atomic E-state index is 0.286. The van der Waals surface area contributed by atoms with Gasteiger partial charge in [0.15, 0.2) is 0 Å². The molecule has 36 heavy (non-hydrogen) atoms. The number of aromatic nitrogens is 2. The number of aryl methyl sites for hydroxylation is 1. The number of benzene rings is 3. The first-order valence-corrected chi connectivity index (χ1v) is 11.7. The molecule has 0 fully saturated rings. The molecule has 0 saturated heterocycles. The molecule has 1 unspecified atom stereocenters. The van der Waals surface area contributed by atoms with Gasteiger partial charge in [-0.25, -0.2) is 9.18 Å². The average molecular weight is 485 g/mol. The van der Waals surface area contributed by atoms with Gasteiger partial charge in [-0.3, -0.25) is 4.90 Å². The Labute approximate surface area is 208 Å². The lowest BCUT2D eigenvalue weighted by molar-refractivity contribution is 0.244. The largest absolute Gasteiger partial charge is 0.494 e. The Kier molecular flexibility index (Phi) is 6.25.